The number of amides is 2. The Kier molecular flexibility index (Phi) is 5.45. The van der Waals surface area contributed by atoms with Gasteiger partial charge in [0.25, 0.3) is 0 Å². The highest BCUT2D eigenvalue weighted by atomic mass is 19.4. The van der Waals surface area contributed by atoms with Gasteiger partial charge >= 0.3 is 12.2 Å². The van der Waals surface area contributed by atoms with Crippen molar-refractivity contribution in [3.8, 4) is 5.69 Å². The fourth-order valence-electron chi connectivity index (χ4n) is 2.07. The fraction of sp³-hybridized carbons (Fsp3) is 0.333. The summed E-state index contributed by atoms with van der Waals surface area (Å²) < 4.78 is 39.6. The summed E-state index contributed by atoms with van der Waals surface area (Å²) in [6.07, 6.45) is -2.93. The molecule has 0 bridgehead atoms. The summed E-state index contributed by atoms with van der Waals surface area (Å²) >= 11 is 0. The molecular weight excluding hydrogens is 325 g/mol. The second kappa shape index (κ2) is 7.35. The number of aliphatic hydroxyl groups excluding tert-OH is 1. The third-order valence-corrected chi connectivity index (χ3v) is 3.33. The van der Waals surface area contributed by atoms with Gasteiger partial charge in [-0.1, -0.05) is 13.0 Å². The van der Waals surface area contributed by atoms with Gasteiger partial charge in [-0.15, -0.1) is 0 Å². The number of nitrogens with one attached hydrogen (secondary N) is 2. The van der Waals surface area contributed by atoms with Gasteiger partial charge in [0.15, 0.2) is 0 Å². The van der Waals surface area contributed by atoms with Crippen molar-refractivity contribution in [2.75, 3.05) is 11.9 Å². The minimum atomic E-state index is -4.53. The highest BCUT2D eigenvalue weighted by Gasteiger charge is 2.35. The molecule has 0 saturated carbocycles. The van der Waals surface area contributed by atoms with Crippen LogP contribution in [0.15, 0.2) is 36.5 Å². The third kappa shape index (κ3) is 4.25. The lowest BCUT2D eigenvalue weighted by Crippen LogP contribution is -2.39. The highest BCUT2D eigenvalue weighted by Crippen LogP contribution is 2.30. The van der Waals surface area contributed by atoms with Gasteiger partial charge in [0.2, 0.25) is 0 Å². The summed E-state index contributed by atoms with van der Waals surface area (Å²) in [5.74, 6) is 0. The zero-order valence-electron chi connectivity index (χ0n) is 12.8. The van der Waals surface area contributed by atoms with Crippen molar-refractivity contribution < 1.29 is 23.1 Å². The average molecular weight is 342 g/mol. The molecule has 0 aliphatic carbocycles. The summed E-state index contributed by atoms with van der Waals surface area (Å²) in [4.78, 5) is 11.8. The van der Waals surface area contributed by atoms with Crippen LogP contribution in [0, 0.1) is 0 Å². The standard InChI is InChI=1S/C15H17F3N4O2/c1-2-10(9-23)20-14(24)21-11-4-3-5-12(8-11)22-13(6-7-19-22)15(16,17)18/h3-8,10,23H,2,9H2,1H3,(H2,20,21,24)/t10-/m0/s1. The Balaban J connectivity index is 2.18. The molecule has 24 heavy (non-hydrogen) atoms. The van der Waals surface area contributed by atoms with Gasteiger partial charge in [-0.3, -0.25) is 0 Å². The average Bonchev–Trinajstić information content (AvgIpc) is 3.02. The summed E-state index contributed by atoms with van der Waals surface area (Å²) in [6.45, 7) is 1.60. The first kappa shape index (κ1) is 17.8. The molecule has 2 rings (SSSR count). The van der Waals surface area contributed by atoms with E-state index in [9.17, 15) is 18.0 Å². The van der Waals surface area contributed by atoms with Crippen LogP contribution in [-0.2, 0) is 6.18 Å². The Hall–Kier alpha value is -2.55. The van der Waals surface area contributed by atoms with Gasteiger partial charge in [-0.25, -0.2) is 9.48 Å². The molecule has 1 heterocycles. The van der Waals surface area contributed by atoms with Crippen molar-refractivity contribution in [1.29, 1.82) is 0 Å². The first-order valence-corrected chi connectivity index (χ1v) is 7.25. The van der Waals surface area contributed by atoms with Crippen LogP contribution in [-0.4, -0.2) is 33.6 Å². The molecule has 1 atom stereocenters. The number of nitrogens with zero attached hydrogens (tertiary/aromatic N) is 2. The van der Waals surface area contributed by atoms with Gasteiger partial charge in [0.1, 0.15) is 5.69 Å². The summed E-state index contributed by atoms with van der Waals surface area (Å²) in [5.41, 5.74) is -0.434. The number of hydrogen-bond acceptors (Lipinski definition) is 3. The van der Waals surface area contributed by atoms with E-state index in [2.05, 4.69) is 15.7 Å². The first-order chi connectivity index (χ1) is 11.3. The number of hydrogen-bond donors (Lipinski definition) is 3. The van der Waals surface area contributed by atoms with E-state index in [1.54, 1.807) is 13.0 Å². The maximum Gasteiger partial charge on any atom is 0.433 e. The molecule has 0 aliphatic rings. The second-order valence-corrected chi connectivity index (χ2v) is 5.06. The molecular formula is C15H17F3N4O2. The molecule has 0 aliphatic heterocycles. The number of halogens is 3. The van der Waals surface area contributed by atoms with Crippen LogP contribution < -0.4 is 10.6 Å². The van der Waals surface area contributed by atoms with Gasteiger partial charge in [-0.2, -0.15) is 18.3 Å². The van der Waals surface area contributed by atoms with Gasteiger partial charge < -0.3 is 15.7 Å². The molecule has 0 spiro atoms. The van der Waals surface area contributed by atoms with E-state index in [1.165, 1.54) is 18.2 Å². The Morgan fingerprint density at radius 3 is 2.75 bits per heavy atom. The smallest absolute Gasteiger partial charge is 0.394 e. The van der Waals surface area contributed by atoms with Gasteiger partial charge in [-0.05, 0) is 30.7 Å². The number of aliphatic hydroxyl groups is 1. The molecule has 0 unspecified atom stereocenters. The quantitative estimate of drug-likeness (QED) is 0.782. The van der Waals surface area contributed by atoms with Crippen LogP contribution in [0.2, 0.25) is 0 Å². The number of benzene rings is 1. The predicted octanol–water partition coefficient (Wildman–Crippen LogP) is 2.78. The highest BCUT2D eigenvalue weighted by molar-refractivity contribution is 5.89. The second-order valence-electron chi connectivity index (χ2n) is 5.06. The fourth-order valence-corrected chi connectivity index (χ4v) is 2.07. The van der Waals surface area contributed by atoms with Crippen molar-refractivity contribution in [1.82, 2.24) is 15.1 Å². The van der Waals surface area contributed by atoms with Crippen molar-refractivity contribution in [3.05, 3.63) is 42.2 Å². The molecule has 9 heteroatoms. The van der Waals surface area contributed by atoms with Crippen LogP contribution in [0.3, 0.4) is 0 Å². The van der Waals surface area contributed by atoms with Crippen molar-refractivity contribution in [3.63, 3.8) is 0 Å². The van der Waals surface area contributed by atoms with E-state index in [-0.39, 0.29) is 12.3 Å². The van der Waals surface area contributed by atoms with E-state index in [0.717, 1.165) is 16.9 Å². The zero-order valence-corrected chi connectivity index (χ0v) is 12.8. The van der Waals surface area contributed by atoms with E-state index >= 15 is 0 Å². The topological polar surface area (TPSA) is 79.2 Å². The van der Waals surface area contributed by atoms with E-state index < -0.39 is 23.9 Å². The monoisotopic (exact) mass is 342 g/mol. The van der Waals surface area contributed by atoms with E-state index in [4.69, 9.17) is 5.11 Å². The van der Waals surface area contributed by atoms with Gasteiger partial charge in [0.05, 0.1) is 24.5 Å². The van der Waals surface area contributed by atoms with E-state index in [0.29, 0.717) is 12.1 Å². The minimum Gasteiger partial charge on any atom is -0.394 e. The van der Waals surface area contributed by atoms with Crippen molar-refractivity contribution in [2.45, 2.75) is 25.6 Å². The number of aromatic nitrogens is 2. The van der Waals surface area contributed by atoms with Crippen LogP contribution in [0.5, 0.6) is 0 Å². The lowest BCUT2D eigenvalue weighted by atomic mass is 10.2. The van der Waals surface area contributed by atoms with Crippen LogP contribution in [0.25, 0.3) is 5.69 Å². The molecule has 0 saturated heterocycles. The number of urea groups is 1. The lowest BCUT2D eigenvalue weighted by molar-refractivity contribution is -0.142. The number of alkyl halides is 3. The van der Waals surface area contributed by atoms with Crippen LogP contribution in [0.4, 0.5) is 23.7 Å². The number of carbonyl (C=O) groups excluding carboxylic acids is 1. The maximum absolute atomic E-state index is 12.9. The molecule has 0 fully saturated rings. The Morgan fingerprint density at radius 1 is 1.38 bits per heavy atom. The molecule has 0 radical (unpaired) electrons. The first-order valence-electron chi connectivity index (χ1n) is 7.25. The summed E-state index contributed by atoms with van der Waals surface area (Å²) in [5, 5.41) is 17.8. The predicted molar refractivity (Wildman–Crippen MR) is 81.9 cm³/mol. The van der Waals surface area contributed by atoms with Crippen LogP contribution in [0.1, 0.15) is 19.0 Å². The number of carbonyl (C=O) groups is 1. The zero-order chi connectivity index (χ0) is 17.7. The Labute approximate surface area is 136 Å². The Bertz CT molecular complexity index is 696. The Morgan fingerprint density at radius 2 is 2.12 bits per heavy atom. The molecule has 6 nitrogen and oxygen atoms in total. The molecule has 2 aromatic rings. The molecule has 3 N–H and O–H groups in total. The largest absolute Gasteiger partial charge is 0.433 e. The van der Waals surface area contributed by atoms with E-state index in [1.807, 2.05) is 0 Å². The normalized spacial score (nSPS) is 12.7. The molecule has 1 aromatic carbocycles. The SMILES string of the molecule is CC[C@@H](CO)NC(=O)Nc1cccc(-n2nccc2C(F)(F)F)c1. The third-order valence-electron chi connectivity index (χ3n) is 3.33. The minimum absolute atomic E-state index is 0.166. The number of anilines is 1. The lowest BCUT2D eigenvalue weighted by Gasteiger charge is -2.15. The van der Waals surface area contributed by atoms with Gasteiger partial charge in [0, 0.05) is 5.69 Å². The number of rotatable bonds is 5. The van der Waals surface area contributed by atoms with Crippen LogP contribution >= 0.6 is 0 Å². The van der Waals surface area contributed by atoms with Crippen molar-refractivity contribution >= 4 is 11.7 Å². The molecule has 2 amide bonds. The van der Waals surface area contributed by atoms with Crippen molar-refractivity contribution in [2.24, 2.45) is 0 Å². The molecule has 130 valence electrons. The summed E-state index contributed by atoms with van der Waals surface area (Å²) in [6, 6.07) is 5.81. The molecule has 1 aromatic heterocycles. The maximum atomic E-state index is 12.9. The summed E-state index contributed by atoms with van der Waals surface area (Å²) in [7, 11) is 0.